The Morgan fingerprint density at radius 2 is 2.20 bits per heavy atom. The highest BCUT2D eigenvalue weighted by atomic mass is 35.5. The summed E-state index contributed by atoms with van der Waals surface area (Å²) in [4.78, 5) is 4.21. The largest absolute Gasteiger partial charge is 0.439 e. The number of hydrogen-bond donors (Lipinski definition) is 1. The van der Waals surface area contributed by atoms with Crippen molar-refractivity contribution in [2.75, 3.05) is 6.54 Å². The minimum Gasteiger partial charge on any atom is -0.439 e. The average Bonchev–Trinajstić information content (AvgIpc) is 2.45. The normalized spacial score (nSPS) is 10.6. The van der Waals surface area contributed by atoms with Gasteiger partial charge >= 0.3 is 0 Å². The van der Waals surface area contributed by atoms with Gasteiger partial charge in [-0.05, 0) is 31.2 Å². The molecule has 0 spiro atoms. The summed E-state index contributed by atoms with van der Waals surface area (Å²) in [6, 6.07) is 8.03. The first-order chi connectivity index (χ1) is 9.70. The smallest absolute Gasteiger partial charge is 0.223 e. The van der Waals surface area contributed by atoms with E-state index < -0.39 is 5.82 Å². The fourth-order valence-electron chi connectivity index (χ4n) is 1.70. The van der Waals surface area contributed by atoms with Gasteiger partial charge in [-0.2, -0.15) is 0 Å². The molecule has 1 N–H and O–H groups in total. The lowest BCUT2D eigenvalue weighted by Crippen LogP contribution is -2.14. The number of benzene rings is 1. The fraction of sp³-hybridized carbons (Fsp3) is 0.267. The van der Waals surface area contributed by atoms with Crippen LogP contribution in [0.2, 0.25) is 5.02 Å². The Bertz CT molecular complexity index is 578. The maximum Gasteiger partial charge on any atom is 0.223 e. The molecule has 106 valence electrons. The maximum absolute atomic E-state index is 13.1. The van der Waals surface area contributed by atoms with Gasteiger partial charge in [0.25, 0.3) is 0 Å². The van der Waals surface area contributed by atoms with Crippen LogP contribution in [0.1, 0.15) is 18.9 Å². The summed E-state index contributed by atoms with van der Waals surface area (Å²) < 4.78 is 18.8. The van der Waals surface area contributed by atoms with Gasteiger partial charge in [0.15, 0.2) is 0 Å². The SMILES string of the molecule is CCCNCc1cccnc1Oc1ccc(F)c(Cl)c1. The number of halogens is 2. The molecule has 0 bridgehead atoms. The minimum absolute atomic E-state index is 0.0316. The van der Waals surface area contributed by atoms with Gasteiger partial charge in [0, 0.05) is 24.4 Å². The molecule has 1 heterocycles. The van der Waals surface area contributed by atoms with Gasteiger partial charge in [-0.15, -0.1) is 0 Å². The number of nitrogens with one attached hydrogen (secondary N) is 1. The molecule has 0 aliphatic heterocycles. The van der Waals surface area contributed by atoms with E-state index in [2.05, 4.69) is 17.2 Å². The predicted molar refractivity (Wildman–Crippen MR) is 77.7 cm³/mol. The summed E-state index contributed by atoms with van der Waals surface area (Å²) >= 11 is 5.73. The molecule has 2 aromatic rings. The second kappa shape index (κ2) is 7.22. The highest BCUT2D eigenvalue weighted by molar-refractivity contribution is 6.30. The Morgan fingerprint density at radius 1 is 1.35 bits per heavy atom. The third-order valence-corrected chi connectivity index (χ3v) is 2.99. The summed E-state index contributed by atoms with van der Waals surface area (Å²) in [5, 5.41) is 3.32. The summed E-state index contributed by atoms with van der Waals surface area (Å²) in [6.45, 7) is 3.71. The zero-order valence-electron chi connectivity index (χ0n) is 11.2. The molecule has 0 radical (unpaired) electrons. The Hall–Kier alpha value is -1.65. The highest BCUT2D eigenvalue weighted by Crippen LogP contribution is 2.26. The molecule has 0 atom stereocenters. The molecule has 3 nitrogen and oxygen atoms in total. The second-order valence-corrected chi connectivity index (χ2v) is 4.73. The van der Waals surface area contributed by atoms with Crippen molar-refractivity contribution in [2.45, 2.75) is 19.9 Å². The van der Waals surface area contributed by atoms with Gasteiger partial charge in [-0.25, -0.2) is 9.37 Å². The Labute approximate surface area is 122 Å². The lowest BCUT2D eigenvalue weighted by atomic mass is 10.2. The quantitative estimate of drug-likeness (QED) is 0.812. The van der Waals surface area contributed by atoms with Gasteiger partial charge in [0.05, 0.1) is 5.02 Å². The molecule has 0 saturated carbocycles. The number of pyridine rings is 1. The van der Waals surface area contributed by atoms with Crippen LogP contribution >= 0.6 is 11.6 Å². The van der Waals surface area contributed by atoms with E-state index in [-0.39, 0.29) is 5.02 Å². The molecule has 0 unspecified atom stereocenters. The van der Waals surface area contributed by atoms with Gasteiger partial charge in [-0.1, -0.05) is 24.6 Å². The van der Waals surface area contributed by atoms with Gasteiger partial charge < -0.3 is 10.1 Å². The first kappa shape index (κ1) is 14.8. The molecule has 20 heavy (non-hydrogen) atoms. The van der Waals surface area contributed by atoms with Crippen LogP contribution in [0.4, 0.5) is 4.39 Å². The van der Waals surface area contributed by atoms with Gasteiger partial charge in [0.2, 0.25) is 5.88 Å². The number of aromatic nitrogens is 1. The monoisotopic (exact) mass is 294 g/mol. The first-order valence-corrected chi connectivity index (χ1v) is 6.86. The van der Waals surface area contributed by atoms with Crippen molar-refractivity contribution in [3.05, 3.63) is 52.9 Å². The van der Waals surface area contributed by atoms with Crippen molar-refractivity contribution in [3.8, 4) is 11.6 Å². The van der Waals surface area contributed by atoms with E-state index in [1.165, 1.54) is 18.2 Å². The van der Waals surface area contributed by atoms with E-state index in [0.29, 0.717) is 18.2 Å². The number of ether oxygens (including phenoxy) is 1. The third-order valence-electron chi connectivity index (χ3n) is 2.70. The molecule has 0 amide bonds. The minimum atomic E-state index is -0.468. The topological polar surface area (TPSA) is 34.2 Å². The maximum atomic E-state index is 13.1. The Balaban J connectivity index is 2.13. The fourth-order valence-corrected chi connectivity index (χ4v) is 1.87. The van der Waals surface area contributed by atoms with Crippen LogP contribution in [-0.2, 0) is 6.54 Å². The summed E-state index contributed by atoms with van der Waals surface area (Å²) in [6.07, 6.45) is 2.72. The molecule has 5 heteroatoms. The molecule has 0 fully saturated rings. The summed E-state index contributed by atoms with van der Waals surface area (Å²) in [5.74, 6) is 0.496. The first-order valence-electron chi connectivity index (χ1n) is 6.48. The molecule has 0 aliphatic rings. The van der Waals surface area contributed by atoms with Crippen molar-refractivity contribution < 1.29 is 9.13 Å². The molecular weight excluding hydrogens is 279 g/mol. The molecule has 0 aliphatic carbocycles. The molecule has 1 aromatic carbocycles. The standard InChI is InChI=1S/C15H16ClFN2O/c1-2-7-18-10-11-4-3-8-19-15(11)20-12-5-6-14(17)13(16)9-12/h3-6,8-9,18H,2,7,10H2,1H3. The van der Waals surface area contributed by atoms with E-state index in [1.54, 1.807) is 6.20 Å². The lowest BCUT2D eigenvalue weighted by Gasteiger charge is -2.10. The molecular formula is C15H16ClFN2O. The van der Waals surface area contributed by atoms with Crippen molar-refractivity contribution in [1.29, 1.82) is 0 Å². The van der Waals surface area contributed by atoms with E-state index in [1.807, 2.05) is 12.1 Å². The summed E-state index contributed by atoms with van der Waals surface area (Å²) in [5.41, 5.74) is 0.946. The van der Waals surface area contributed by atoms with Crippen LogP contribution < -0.4 is 10.1 Å². The molecule has 0 saturated heterocycles. The summed E-state index contributed by atoms with van der Waals surface area (Å²) in [7, 11) is 0. The zero-order valence-corrected chi connectivity index (χ0v) is 12.0. The number of hydrogen-bond acceptors (Lipinski definition) is 3. The van der Waals surface area contributed by atoms with Crippen molar-refractivity contribution in [2.24, 2.45) is 0 Å². The third kappa shape index (κ3) is 3.92. The second-order valence-electron chi connectivity index (χ2n) is 4.32. The van der Waals surface area contributed by atoms with Gasteiger partial charge in [-0.3, -0.25) is 0 Å². The van der Waals surface area contributed by atoms with Crippen molar-refractivity contribution in [3.63, 3.8) is 0 Å². The zero-order chi connectivity index (χ0) is 14.4. The predicted octanol–water partition coefficient (Wildman–Crippen LogP) is 4.17. The number of rotatable bonds is 6. The highest BCUT2D eigenvalue weighted by Gasteiger charge is 2.07. The van der Waals surface area contributed by atoms with Gasteiger partial charge in [0.1, 0.15) is 11.6 Å². The van der Waals surface area contributed by atoms with Crippen LogP contribution in [0.5, 0.6) is 11.6 Å². The molecule has 1 aromatic heterocycles. The number of nitrogens with zero attached hydrogens (tertiary/aromatic N) is 1. The van der Waals surface area contributed by atoms with Crippen LogP contribution in [0, 0.1) is 5.82 Å². The molecule has 2 rings (SSSR count). The van der Waals surface area contributed by atoms with Crippen molar-refractivity contribution >= 4 is 11.6 Å². The average molecular weight is 295 g/mol. The Morgan fingerprint density at radius 3 is 2.95 bits per heavy atom. The van der Waals surface area contributed by atoms with Crippen LogP contribution in [0.3, 0.4) is 0 Å². The van der Waals surface area contributed by atoms with Crippen LogP contribution in [0.15, 0.2) is 36.5 Å². The van der Waals surface area contributed by atoms with Crippen LogP contribution in [0.25, 0.3) is 0 Å². The van der Waals surface area contributed by atoms with E-state index >= 15 is 0 Å². The van der Waals surface area contributed by atoms with E-state index in [0.717, 1.165) is 18.5 Å². The van der Waals surface area contributed by atoms with Crippen LogP contribution in [-0.4, -0.2) is 11.5 Å². The lowest BCUT2D eigenvalue weighted by molar-refractivity contribution is 0.451. The van der Waals surface area contributed by atoms with Crippen molar-refractivity contribution in [1.82, 2.24) is 10.3 Å². The van der Waals surface area contributed by atoms with E-state index in [4.69, 9.17) is 16.3 Å². The Kier molecular flexibility index (Phi) is 5.32. The van der Waals surface area contributed by atoms with E-state index in [9.17, 15) is 4.39 Å².